The monoisotopic (exact) mass is 294 g/mol. The van der Waals surface area contributed by atoms with Gasteiger partial charge in [0.25, 0.3) is 0 Å². The lowest BCUT2D eigenvalue weighted by molar-refractivity contribution is 0.0805. The van der Waals surface area contributed by atoms with Crippen LogP contribution in [0.3, 0.4) is 0 Å². The van der Waals surface area contributed by atoms with Gasteiger partial charge >= 0.3 is 0 Å². The average molecular weight is 294 g/mol. The first-order valence-corrected chi connectivity index (χ1v) is 8.82. The van der Waals surface area contributed by atoms with Crippen LogP contribution in [-0.2, 0) is 6.42 Å². The summed E-state index contributed by atoms with van der Waals surface area (Å²) in [6.07, 6.45) is 12.3. The molecule has 2 aliphatic heterocycles. The number of H-pyrrole nitrogens is 1. The van der Waals surface area contributed by atoms with E-state index >= 15 is 0 Å². The Morgan fingerprint density at radius 3 is 3.00 bits per heavy atom. The summed E-state index contributed by atoms with van der Waals surface area (Å²) < 4.78 is 0. The van der Waals surface area contributed by atoms with Gasteiger partial charge < -0.3 is 4.98 Å². The zero-order chi connectivity index (χ0) is 14.9. The maximum absolute atomic E-state index is 3.40. The van der Waals surface area contributed by atoms with Crippen molar-refractivity contribution in [3.8, 4) is 0 Å². The van der Waals surface area contributed by atoms with Crippen LogP contribution >= 0.6 is 0 Å². The molecular weight excluding hydrogens is 268 g/mol. The lowest BCUT2D eigenvalue weighted by Gasteiger charge is -2.46. The van der Waals surface area contributed by atoms with E-state index in [4.69, 9.17) is 0 Å². The predicted octanol–water partition coefficient (Wildman–Crippen LogP) is 4.39. The standard InChI is InChI=1S/C20H26N2/c1-2-16-12-15-9-10-20(16)22(14-15)11-5-6-17-13-21-19-8-4-3-7-18(17)19/h3-4,7-10,13,15-16,20-21H,2,5-6,11-12,14H2,1H3. The lowest BCUT2D eigenvalue weighted by atomic mass is 9.76. The molecule has 1 aliphatic carbocycles. The average Bonchev–Trinajstić information content (AvgIpc) is 2.99. The van der Waals surface area contributed by atoms with Gasteiger partial charge in [0.1, 0.15) is 0 Å². The minimum absolute atomic E-state index is 0.706. The van der Waals surface area contributed by atoms with Crippen molar-refractivity contribution in [1.82, 2.24) is 9.88 Å². The predicted molar refractivity (Wildman–Crippen MR) is 93.0 cm³/mol. The number of fused-ring (bicyclic) bond motifs is 3. The molecule has 22 heavy (non-hydrogen) atoms. The van der Waals surface area contributed by atoms with E-state index in [1.165, 1.54) is 55.2 Å². The molecule has 2 bridgehead atoms. The van der Waals surface area contributed by atoms with Gasteiger partial charge in [-0.3, -0.25) is 4.90 Å². The molecule has 0 amide bonds. The van der Waals surface area contributed by atoms with Crippen LogP contribution < -0.4 is 0 Å². The molecule has 5 rings (SSSR count). The van der Waals surface area contributed by atoms with Crippen molar-refractivity contribution in [3.05, 3.63) is 48.2 Å². The van der Waals surface area contributed by atoms with Gasteiger partial charge in [-0.2, -0.15) is 0 Å². The van der Waals surface area contributed by atoms with Gasteiger partial charge in [0.15, 0.2) is 0 Å². The van der Waals surface area contributed by atoms with Crippen LogP contribution in [0.2, 0.25) is 0 Å². The summed E-state index contributed by atoms with van der Waals surface area (Å²) in [6.45, 7) is 4.87. The molecule has 2 nitrogen and oxygen atoms in total. The van der Waals surface area contributed by atoms with Crippen LogP contribution in [0.5, 0.6) is 0 Å². The fourth-order valence-electron chi connectivity index (χ4n) is 4.47. The van der Waals surface area contributed by atoms with Crippen molar-refractivity contribution in [1.29, 1.82) is 0 Å². The lowest BCUT2D eigenvalue weighted by Crippen LogP contribution is -2.50. The number of piperidine rings is 1. The Bertz CT molecular complexity index is 669. The van der Waals surface area contributed by atoms with Crippen LogP contribution in [0.15, 0.2) is 42.6 Å². The van der Waals surface area contributed by atoms with E-state index in [-0.39, 0.29) is 0 Å². The number of rotatable bonds is 5. The van der Waals surface area contributed by atoms with E-state index in [1.54, 1.807) is 0 Å². The largest absolute Gasteiger partial charge is 0.361 e. The van der Waals surface area contributed by atoms with E-state index in [0.717, 1.165) is 11.8 Å². The van der Waals surface area contributed by atoms with Gasteiger partial charge in [0.05, 0.1) is 0 Å². The summed E-state index contributed by atoms with van der Waals surface area (Å²) in [5.41, 5.74) is 2.74. The third-order valence-corrected chi connectivity index (χ3v) is 5.65. The van der Waals surface area contributed by atoms with E-state index in [9.17, 15) is 0 Å². The first-order valence-electron chi connectivity index (χ1n) is 8.82. The Kier molecular flexibility index (Phi) is 3.79. The van der Waals surface area contributed by atoms with Gasteiger partial charge in [-0.25, -0.2) is 0 Å². The zero-order valence-electron chi connectivity index (χ0n) is 13.5. The molecule has 2 aromatic rings. The Balaban J connectivity index is 1.38. The number of aromatic nitrogens is 1. The Morgan fingerprint density at radius 2 is 2.14 bits per heavy atom. The molecule has 0 radical (unpaired) electrons. The normalized spacial score (nSPS) is 27.8. The molecule has 0 spiro atoms. The smallest absolute Gasteiger partial charge is 0.0456 e. The molecule has 1 N–H and O–H groups in total. The van der Waals surface area contributed by atoms with Crippen molar-refractivity contribution in [3.63, 3.8) is 0 Å². The van der Waals surface area contributed by atoms with E-state index in [0.29, 0.717) is 6.04 Å². The molecule has 3 heterocycles. The molecule has 3 unspecified atom stereocenters. The third-order valence-electron chi connectivity index (χ3n) is 5.65. The fourth-order valence-corrected chi connectivity index (χ4v) is 4.47. The van der Waals surface area contributed by atoms with Gasteiger partial charge in [-0.1, -0.05) is 43.7 Å². The minimum atomic E-state index is 0.706. The van der Waals surface area contributed by atoms with E-state index in [2.05, 4.69) is 59.4 Å². The minimum Gasteiger partial charge on any atom is -0.361 e. The molecule has 1 saturated heterocycles. The first-order chi connectivity index (χ1) is 10.8. The zero-order valence-corrected chi connectivity index (χ0v) is 13.5. The SMILES string of the molecule is CCC1CC2C=CC1N(CCCc1c[nH]c3ccccc13)C2. The number of para-hydroxylation sites is 1. The highest BCUT2D eigenvalue weighted by Crippen LogP contribution is 2.36. The number of benzene rings is 1. The second kappa shape index (κ2) is 5.92. The highest BCUT2D eigenvalue weighted by Gasteiger charge is 2.35. The highest BCUT2D eigenvalue weighted by molar-refractivity contribution is 5.82. The van der Waals surface area contributed by atoms with Crippen molar-refractivity contribution < 1.29 is 0 Å². The first kappa shape index (κ1) is 14.1. The number of aryl methyl sites for hydroxylation is 1. The number of aromatic amines is 1. The molecule has 3 atom stereocenters. The molecule has 2 heteroatoms. The van der Waals surface area contributed by atoms with Crippen molar-refractivity contribution >= 4 is 10.9 Å². The second-order valence-corrected chi connectivity index (χ2v) is 7.00. The molecule has 3 aliphatic rings. The van der Waals surface area contributed by atoms with Crippen LogP contribution in [0.25, 0.3) is 10.9 Å². The molecule has 0 saturated carbocycles. The van der Waals surface area contributed by atoms with Crippen LogP contribution in [0.1, 0.15) is 31.7 Å². The fraction of sp³-hybridized carbons (Fsp3) is 0.500. The summed E-state index contributed by atoms with van der Waals surface area (Å²) in [7, 11) is 0. The number of nitrogens with zero attached hydrogens (tertiary/aromatic N) is 1. The van der Waals surface area contributed by atoms with Crippen LogP contribution in [0, 0.1) is 11.8 Å². The second-order valence-electron chi connectivity index (χ2n) is 7.00. The maximum Gasteiger partial charge on any atom is 0.0456 e. The Hall–Kier alpha value is -1.54. The maximum atomic E-state index is 3.40. The molecule has 1 aromatic carbocycles. The van der Waals surface area contributed by atoms with Gasteiger partial charge in [0, 0.05) is 29.7 Å². The van der Waals surface area contributed by atoms with Crippen LogP contribution in [-0.4, -0.2) is 29.0 Å². The van der Waals surface area contributed by atoms with E-state index in [1.807, 2.05) is 0 Å². The van der Waals surface area contributed by atoms with E-state index < -0.39 is 0 Å². The van der Waals surface area contributed by atoms with Gasteiger partial charge in [-0.05, 0) is 49.3 Å². The third kappa shape index (κ3) is 2.50. The van der Waals surface area contributed by atoms with Gasteiger partial charge in [-0.15, -0.1) is 0 Å². The summed E-state index contributed by atoms with van der Waals surface area (Å²) >= 11 is 0. The number of hydrogen-bond donors (Lipinski definition) is 1. The Morgan fingerprint density at radius 1 is 1.23 bits per heavy atom. The van der Waals surface area contributed by atoms with Crippen molar-refractivity contribution in [2.45, 2.75) is 38.6 Å². The molecule has 1 fully saturated rings. The number of hydrogen-bond acceptors (Lipinski definition) is 1. The molecule has 116 valence electrons. The summed E-state index contributed by atoms with van der Waals surface area (Å²) in [4.78, 5) is 6.13. The van der Waals surface area contributed by atoms with Crippen LogP contribution in [0.4, 0.5) is 0 Å². The Labute approximate surface area is 133 Å². The summed E-state index contributed by atoms with van der Waals surface area (Å²) in [5.74, 6) is 1.69. The molecular formula is C20H26N2. The summed E-state index contributed by atoms with van der Waals surface area (Å²) in [6, 6.07) is 9.35. The molecule has 1 aromatic heterocycles. The highest BCUT2D eigenvalue weighted by atomic mass is 15.2. The quantitative estimate of drug-likeness (QED) is 0.810. The summed E-state index contributed by atoms with van der Waals surface area (Å²) in [5, 5.41) is 1.40. The van der Waals surface area contributed by atoms with Gasteiger partial charge in [0.2, 0.25) is 0 Å². The number of nitrogens with one attached hydrogen (secondary N) is 1. The van der Waals surface area contributed by atoms with Crippen molar-refractivity contribution in [2.24, 2.45) is 11.8 Å². The van der Waals surface area contributed by atoms with Crippen molar-refractivity contribution in [2.75, 3.05) is 13.1 Å². The topological polar surface area (TPSA) is 19.0 Å².